The molecule has 0 radical (unpaired) electrons. The zero-order valence-electron chi connectivity index (χ0n) is 30.0. The number of anilines is 1. The van der Waals surface area contributed by atoms with E-state index in [1.807, 2.05) is 26.8 Å². The number of esters is 1. The van der Waals surface area contributed by atoms with Gasteiger partial charge in [-0.05, 0) is 91.7 Å². The first-order valence-corrected chi connectivity index (χ1v) is 17.3. The van der Waals surface area contributed by atoms with Crippen LogP contribution in [0.3, 0.4) is 0 Å². The van der Waals surface area contributed by atoms with Gasteiger partial charge in [-0.3, -0.25) is 9.59 Å². The van der Waals surface area contributed by atoms with E-state index in [-0.39, 0.29) is 29.4 Å². The largest absolute Gasteiger partial charge is 0.494 e. The van der Waals surface area contributed by atoms with Crippen LogP contribution in [0.15, 0.2) is 91.0 Å². The number of benzene rings is 4. The second-order valence-electron chi connectivity index (χ2n) is 11.6. The number of carbonyl (C=O) groups is 4. The lowest BCUT2D eigenvalue weighted by atomic mass is 10.0. The van der Waals surface area contributed by atoms with Crippen LogP contribution in [0.2, 0.25) is 0 Å². The monoisotopic (exact) mass is 696 g/mol. The van der Waals surface area contributed by atoms with E-state index in [0.717, 1.165) is 18.4 Å². The summed E-state index contributed by atoms with van der Waals surface area (Å²) in [5, 5.41) is 15.2. The molecule has 1 atom stereocenters. The molecule has 0 heterocycles. The third kappa shape index (κ3) is 12.6. The van der Waals surface area contributed by atoms with E-state index in [1.54, 1.807) is 66.7 Å². The molecular weight excluding hydrogens is 648 g/mol. The average Bonchev–Trinajstić information content (AvgIpc) is 3.14. The van der Waals surface area contributed by atoms with Crippen molar-refractivity contribution in [2.45, 2.75) is 72.3 Å². The fraction of sp³-hybridized carbons (Fsp3) is 0.317. The fourth-order valence-electron chi connectivity index (χ4n) is 5.04. The summed E-state index contributed by atoms with van der Waals surface area (Å²) >= 11 is 0. The first-order chi connectivity index (χ1) is 24.7. The minimum atomic E-state index is -1.26. The van der Waals surface area contributed by atoms with Gasteiger partial charge in [0.15, 0.2) is 11.5 Å². The summed E-state index contributed by atoms with van der Waals surface area (Å²) in [6.07, 6.45) is 5.65. The van der Waals surface area contributed by atoms with E-state index in [1.165, 1.54) is 44.6 Å². The highest BCUT2D eigenvalue weighted by Crippen LogP contribution is 2.30. The summed E-state index contributed by atoms with van der Waals surface area (Å²) < 4.78 is 16.8. The molecule has 0 bridgehead atoms. The third-order valence-electron chi connectivity index (χ3n) is 7.77. The van der Waals surface area contributed by atoms with Crippen LogP contribution in [-0.2, 0) is 11.2 Å². The number of unbranched alkanes of at least 4 members (excludes halogenated alkanes) is 4. The summed E-state index contributed by atoms with van der Waals surface area (Å²) in [6, 6.07) is 23.5. The molecule has 10 nitrogen and oxygen atoms in total. The van der Waals surface area contributed by atoms with Crippen molar-refractivity contribution in [2.24, 2.45) is 0 Å². The van der Waals surface area contributed by atoms with Crippen LogP contribution >= 0.6 is 0 Å². The summed E-state index contributed by atoms with van der Waals surface area (Å²) in [7, 11) is 1.41. The highest BCUT2D eigenvalue weighted by molar-refractivity contribution is 6.04. The van der Waals surface area contributed by atoms with Gasteiger partial charge in [0.1, 0.15) is 11.8 Å². The number of carboxylic acid groups (broad SMARTS) is 1. The molecule has 0 aromatic heterocycles. The second-order valence-corrected chi connectivity index (χ2v) is 11.6. The van der Waals surface area contributed by atoms with Crippen LogP contribution in [0, 0.1) is 6.92 Å². The molecule has 4 aromatic rings. The Labute approximate surface area is 300 Å². The molecule has 4 aromatic carbocycles. The van der Waals surface area contributed by atoms with Crippen LogP contribution in [0.25, 0.3) is 0 Å². The summed E-state index contributed by atoms with van der Waals surface area (Å²) in [5.74, 6) is -1.63. The van der Waals surface area contributed by atoms with Crippen molar-refractivity contribution in [1.82, 2.24) is 5.32 Å². The molecule has 0 aliphatic heterocycles. The molecular formula is C41H48N2O8. The molecule has 0 aliphatic rings. The van der Waals surface area contributed by atoms with Gasteiger partial charge in [0.25, 0.3) is 11.8 Å². The summed E-state index contributed by atoms with van der Waals surface area (Å²) in [5.41, 5.74) is 3.04. The van der Waals surface area contributed by atoms with Crippen LogP contribution in [-0.4, -0.2) is 48.6 Å². The number of amides is 2. The maximum absolute atomic E-state index is 12.9. The highest BCUT2D eigenvalue weighted by Gasteiger charge is 2.23. The molecule has 10 heteroatoms. The van der Waals surface area contributed by atoms with Crippen LogP contribution in [0.5, 0.6) is 17.2 Å². The van der Waals surface area contributed by atoms with Crippen molar-refractivity contribution in [2.75, 3.05) is 19.0 Å². The molecule has 4 rings (SSSR count). The van der Waals surface area contributed by atoms with E-state index in [2.05, 4.69) is 17.6 Å². The van der Waals surface area contributed by atoms with Gasteiger partial charge in [-0.15, -0.1) is 0 Å². The van der Waals surface area contributed by atoms with E-state index in [4.69, 9.17) is 14.2 Å². The first-order valence-electron chi connectivity index (χ1n) is 17.3. The molecule has 0 fully saturated rings. The SMILES string of the molecule is CC.CCCCCCCOc1ccc(C(=O)Oc2ccc(CC(NC(=O)c3ccc(NC(=O)c4cccc(C)c4)cc3)C(=O)O)cc2OC)cc1. The average molecular weight is 697 g/mol. The summed E-state index contributed by atoms with van der Waals surface area (Å²) in [4.78, 5) is 50.4. The van der Waals surface area contributed by atoms with Crippen LogP contribution in [0.4, 0.5) is 5.69 Å². The molecule has 0 saturated carbocycles. The lowest BCUT2D eigenvalue weighted by Gasteiger charge is -2.16. The Morgan fingerprint density at radius 2 is 1.43 bits per heavy atom. The predicted molar refractivity (Wildman–Crippen MR) is 198 cm³/mol. The number of carbonyl (C=O) groups excluding carboxylic acids is 3. The molecule has 51 heavy (non-hydrogen) atoms. The lowest BCUT2D eigenvalue weighted by molar-refractivity contribution is -0.139. The Balaban J connectivity index is 0.00000345. The number of hydrogen-bond donors (Lipinski definition) is 3. The molecule has 270 valence electrons. The van der Waals surface area contributed by atoms with E-state index in [9.17, 15) is 24.3 Å². The molecule has 0 spiro atoms. The van der Waals surface area contributed by atoms with Gasteiger partial charge >= 0.3 is 11.9 Å². The van der Waals surface area contributed by atoms with E-state index < -0.39 is 23.9 Å². The topological polar surface area (TPSA) is 140 Å². The molecule has 3 N–H and O–H groups in total. The summed E-state index contributed by atoms with van der Waals surface area (Å²) in [6.45, 7) is 8.69. The van der Waals surface area contributed by atoms with Crippen molar-refractivity contribution < 1.29 is 38.5 Å². The third-order valence-corrected chi connectivity index (χ3v) is 7.77. The smallest absolute Gasteiger partial charge is 0.343 e. The Morgan fingerprint density at radius 3 is 2.08 bits per heavy atom. The van der Waals surface area contributed by atoms with Gasteiger partial charge in [-0.1, -0.05) is 70.2 Å². The minimum Gasteiger partial charge on any atom is -0.494 e. The number of ether oxygens (including phenoxy) is 3. The molecule has 1 unspecified atom stereocenters. The second kappa shape index (κ2) is 20.8. The van der Waals surface area contributed by atoms with Crippen molar-refractivity contribution in [3.63, 3.8) is 0 Å². The zero-order valence-corrected chi connectivity index (χ0v) is 30.0. The minimum absolute atomic E-state index is 0.0592. The van der Waals surface area contributed by atoms with Crippen molar-refractivity contribution in [3.8, 4) is 17.2 Å². The number of hydrogen-bond acceptors (Lipinski definition) is 7. The number of aryl methyl sites for hydroxylation is 1. The molecule has 0 aliphatic carbocycles. The lowest BCUT2D eigenvalue weighted by Crippen LogP contribution is -2.42. The Bertz CT molecular complexity index is 1740. The van der Waals surface area contributed by atoms with Gasteiger partial charge in [0.2, 0.25) is 0 Å². The maximum atomic E-state index is 12.9. The van der Waals surface area contributed by atoms with Crippen LogP contribution < -0.4 is 24.8 Å². The Kier molecular flexibility index (Phi) is 16.2. The van der Waals surface area contributed by atoms with Gasteiger partial charge in [-0.25, -0.2) is 9.59 Å². The quantitative estimate of drug-likeness (QED) is 0.0569. The molecule has 0 saturated heterocycles. The van der Waals surface area contributed by atoms with Crippen LogP contribution in [0.1, 0.15) is 95.1 Å². The normalized spacial score (nSPS) is 10.9. The van der Waals surface area contributed by atoms with Crippen molar-refractivity contribution in [1.29, 1.82) is 0 Å². The highest BCUT2D eigenvalue weighted by atomic mass is 16.6. The number of rotatable bonds is 17. The number of nitrogens with one attached hydrogen (secondary N) is 2. The van der Waals surface area contributed by atoms with Gasteiger partial charge in [-0.2, -0.15) is 0 Å². The zero-order chi connectivity index (χ0) is 37.2. The van der Waals surface area contributed by atoms with Gasteiger partial charge in [0, 0.05) is 23.2 Å². The first kappa shape index (κ1) is 39.8. The fourth-order valence-corrected chi connectivity index (χ4v) is 5.04. The standard InChI is InChI=1S/C39H42N2O8.C2H6/c1-4-5-6-7-8-22-48-32-19-15-29(16-20-32)39(46)49-34-21-12-27(25-35(34)47-3)24-33(38(44)45)41-36(42)28-13-17-31(18-14-28)40-37(43)30-11-9-10-26(2)23-30;1-2/h9-21,23,25,33H,4-8,22,24H2,1-3H3,(H,40,43)(H,41,42)(H,44,45);1-2H3. The van der Waals surface area contributed by atoms with Gasteiger partial charge in [0.05, 0.1) is 19.3 Å². The van der Waals surface area contributed by atoms with Gasteiger partial charge < -0.3 is 30.0 Å². The molecule has 2 amide bonds. The Morgan fingerprint density at radius 1 is 0.745 bits per heavy atom. The van der Waals surface area contributed by atoms with Crippen molar-refractivity contribution >= 4 is 29.4 Å². The van der Waals surface area contributed by atoms with E-state index >= 15 is 0 Å². The predicted octanol–water partition coefficient (Wildman–Crippen LogP) is 8.28. The number of methoxy groups -OCH3 is 1. The van der Waals surface area contributed by atoms with Crippen molar-refractivity contribution in [3.05, 3.63) is 119 Å². The Hall–Kier alpha value is -5.64. The number of aliphatic carboxylic acids is 1. The van der Waals surface area contributed by atoms with E-state index in [0.29, 0.717) is 34.7 Å². The maximum Gasteiger partial charge on any atom is 0.343 e. The number of carboxylic acids is 1.